The zero-order chi connectivity index (χ0) is 10.6. The number of rotatable bonds is 2. The van der Waals surface area contributed by atoms with E-state index in [4.69, 9.17) is 4.74 Å². The third-order valence-corrected chi connectivity index (χ3v) is 4.47. The van der Waals surface area contributed by atoms with Crippen molar-refractivity contribution in [2.75, 3.05) is 0 Å². The van der Waals surface area contributed by atoms with Crippen molar-refractivity contribution in [1.82, 2.24) is 0 Å². The van der Waals surface area contributed by atoms with Gasteiger partial charge in [-0.1, -0.05) is 13.8 Å². The molecular formula is C12H20O2. The van der Waals surface area contributed by atoms with Gasteiger partial charge in [0.15, 0.2) is 0 Å². The maximum atomic E-state index is 11.0. The van der Waals surface area contributed by atoms with Gasteiger partial charge in [0.05, 0.1) is 0 Å². The lowest BCUT2D eigenvalue weighted by Gasteiger charge is -2.25. The van der Waals surface area contributed by atoms with Gasteiger partial charge >= 0.3 is 5.97 Å². The van der Waals surface area contributed by atoms with Crippen LogP contribution in [0.15, 0.2) is 0 Å². The molecule has 2 heteroatoms. The van der Waals surface area contributed by atoms with Gasteiger partial charge in [-0.15, -0.1) is 0 Å². The maximum Gasteiger partial charge on any atom is 0.303 e. The molecule has 2 aliphatic rings. The van der Waals surface area contributed by atoms with E-state index in [0.717, 1.165) is 12.3 Å². The molecule has 0 N–H and O–H groups in total. The van der Waals surface area contributed by atoms with E-state index >= 15 is 0 Å². The quantitative estimate of drug-likeness (QED) is 0.635. The Morgan fingerprint density at radius 2 is 2.07 bits per heavy atom. The van der Waals surface area contributed by atoms with Gasteiger partial charge in [0.1, 0.15) is 5.60 Å². The molecule has 2 aliphatic carbocycles. The van der Waals surface area contributed by atoms with Crippen molar-refractivity contribution in [3.8, 4) is 0 Å². The number of hydrogen-bond acceptors (Lipinski definition) is 2. The molecule has 0 amide bonds. The van der Waals surface area contributed by atoms with Crippen molar-refractivity contribution in [2.45, 2.75) is 52.6 Å². The summed E-state index contributed by atoms with van der Waals surface area (Å²) in [6.45, 7) is 8.21. The van der Waals surface area contributed by atoms with Gasteiger partial charge in [0, 0.05) is 12.8 Å². The highest BCUT2D eigenvalue weighted by molar-refractivity contribution is 5.66. The van der Waals surface area contributed by atoms with Gasteiger partial charge in [-0.3, -0.25) is 4.79 Å². The monoisotopic (exact) mass is 196 g/mol. The lowest BCUT2D eigenvalue weighted by Crippen LogP contribution is -2.31. The maximum absolute atomic E-state index is 11.0. The Bertz CT molecular complexity index is 271. The van der Waals surface area contributed by atoms with Gasteiger partial charge in [-0.25, -0.2) is 0 Å². The first-order valence-electron chi connectivity index (χ1n) is 5.60. The van der Waals surface area contributed by atoms with Gasteiger partial charge in [-0.05, 0) is 37.5 Å². The van der Waals surface area contributed by atoms with Crippen LogP contribution in [0.1, 0.15) is 47.0 Å². The molecule has 3 atom stereocenters. The zero-order valence-corrected chi connectivity index (χ0v) is 9.59. The Balaban J connectivity index is 2.10. The van der Waals surface area contributed by atoms with Crippen molar-refractivity contribution in [2.24, 2.45) is 17.3 Å². The summed E-state index contributed by atoms with van der Waals surface area (Å²) in [6, 6.07) is 0. The molecule has 2 nitrogen and oxygen atoms in total. The molecule has 2 fully saturated rings. The molecule has 0 aromatic carbocycles. The smallest absolute Gasteiger partial charge is 0.303 e. The minimum absolute atomic E-state index is 0.126. The van der Waals surface area contributed by atoms with Crippen molar-refractivity contribution in [3.05, 3.63) is 0 Å². The SMILES string of the molecule is CC(=O)O[C@]1(C)CC[C@@]2(C(C)C)C[C@H]21. The third-order valence-electron chi connectivity index (χ3n) is 4.47. The fourth-order valence-corrected chi connectivity index (χ4v) is 3.45. The Hall–Kier alpha value is -0.530. The van der Waals surface area contributed by atoms with Crippen LogP contribution in [-0.4, -0.2) is 11.6 Å². The summed E-state index contributed by atoms with van der Waals surface area (Å²) in [6.07, 6.45) is 3.54. The van der Waals surface area contributed by atoms with E-state index in [2.05, 4.69) is 20.8 Å². The van der Waals surface area contributed by atoms with Crippen LogP contribution >= 0.6 is 0 Å². The van der Waals surface area contributed by atoms with E-state index in [0.29, 0.717) is 11.3 Å². The van der Waals surface area contributed by atoms with E-state index < -0.39 is 0 Å². The van der Waals surface area contributed by atoms with E-state index in [-0.39, 0.29) is 11.6 Å². The third kappa shape index (κ3) is 1.19. The van der Waals surface area contributed by atoms with Gasteiger partial charge in [-0.2, -0.15) is 0 Å². The summed E-state index contributed by atoms with van der Waals surface area (Å²) in [5, 5.41) is 0. The highest BCUT2D eigenvalue weighted by Gasteiger charge is 2.69. The molecule has 14 heavy (non-hydrogen) atoms. The molecule has 0 saturated heterocycles. The minimum atomic E-state index is -0.157. The molecule has 0 aliphatic heterocycles. The van der Waals surface area contributed by atoms with Crippen LogP contribution in [0.3, 0.4) is 0 Å². The second kappa shape index (κ2) is 2.74. The molecule has 0 bridgehead atoms. The molecule has 2 saturated carbocycles. The lowest BCUT2D eigenvalue weighted by molar-refractivity contribution is -0.156. The molecule has 0 radical (unpaired) electrons. The average molecular weight is 196 g/mol. The zero-order valence-electron chi connectivity index (χ0n) is 9.59. The van der Waals surface area contributed by atoms with E-state index in [1.807, 2.05) is 0 Å². The molecular weight excluding hydrogens is 176 g/mol. The Labute approximate surface area is 86.0 Å². The Kier molecular flexibility index (Phi) is 1.96. The number of hydrogen-bond donors (Lipinski definition) is 0. The van der Waals surface area contributed by atoms with Crippen LogP contribution in [0.2, 0.25) is 0 Å². The highest BCUT2D eigenvalue weighted by Crippen LogP contribution is 2.71. The van der Waals surface area contributed by atoms with Crippen LogP contribution in [0.5, 0.6) is 0 Å². The summed E-state index contributed by atoms with van der Waals surface area (Å²) in [4.78, 5) is 11.0. The molecule has 0 aromatic heterocycles. The van der Waals surface area contributed by atoms with E-state index in [9.17, 15) is 4.79 Å². The fourth-order valence-electron chi connectivity index (χ4n) is 3.45. The van der Waals surface area contributed by atoms with Crippen molar-refractivity contribution in [1.29, 1.82) is 0 Å². The van der Waals surface area contributed by atoms with Crippen LogP contribution < -0.4 is 0 Å². The summed E-state index contributed by atoms with van der Waals surface area (Å²) >= 11 is 0. The van der Waals surface area contributed by atoms with Gasteiger partial charge in [0.2, 0.25) is 0 Å². The normalized spacial score (nSPS) is 45.1. The number of carbonyl (C=O) groups excluding carboxylic acids is 1. The van der Waals surface area contributed by atoms with Crippen LogP contribution in [0.25, 0.3) is 0 Å². The number of ether oxygens (including phenoxy) is 1. The highest BCUT2D eigenvalue weighted by atomic mass is 16.6. The molecule has 2 rings (SSSR count). The Morgan fingerprint density at radius 3 is 2.43 bits per heavy atom. The van der Waals surface area contributed by atoms with Crippen LogP contribution in [0, 0.1) is 17.3 Å². The molecule has 80 valence electrons. The number of esters is 1. The van der Waals surface area contributed by atoms with Crippen LogP contribution in [0.4, 0.5) is 0 Å². The first-order valence-corrected chi connectivity index (χ1v) is 5.60. The fraction of sp³-hybridized carbons (Fsp3) is 0.917. The molecule has 0 aromatic rings. The summed E-state index contributed by atoms with van der Waals surface area (Å²) in [7, 11) is 0. The van der Waals surface area contributed by atoms with E-state index in [1.165, 1.54) is 19.8 Å². The standard InChI is InChI=1S/C12H20O2/c1-8(2)12-6-5-11(4,10(12)7-12)14-9(3)13/h8,10H,5-7H2,1-4H3/t10-,11+,12-/m0/s1. The summed E-state index contributed by atoms with van der Waals surface area (Å²) in [5.74, 6) is 1.22. The summed E-state index contributed by atoms with van der Waals surface area (Å²) < 4.78 is 5.49. The second-order valence-corrected chi connectivity index (χ2v) is 5.55. The van der Waals surface area contributed by atoms with Crippen molar-refractivity contribution in [3.63, 3.8) is 0 Å². The first-order chi connectivity index (χ1) is 6.41. The van der Waals surface area contributed by atoms with Crippen molar-refractivity contribution >= 4 is 5.97 Å². The summed E-state index contributed by atoms with van der Waals surface area (Å²) in [5.41, 5.74) is 0.348. The predicted molar refractivity (Wildman–Crippen MR) is 54.8 cm³/mol. The topological polar surface area (TPSA) is 26.3 Å². The van der Waals surface area contributed by atoms with Crippen LogP contribution in [-0.2, 0) is 9.53 Å². The van der Waals surface area contributed by atoms with Crippen molar-refractivity contribution < 1.29 is 9.53 Å². The minimum Gasteiger partial charge on any atom is -0.459 e. The largest absolute Gasteiger partial charge is 0.459 e. The number of fused-ring (bicyclic) bond motifs is 1. The molecule has 0 heterocycles. The Morgan fingerprint density at radius 1 is 1.43 bits per heavy atom. The molecule has 0 unspecified atom stereocenters. The van der Waals surface area contributed by atoms with E-state index in [1.54, 1.807) is 0 Å². The average Bonchev–Trinajstić information content (AvgIpc) is 2.70. The van der Waals surface area contributed by atoms with Gasteiger partial charge < -0.3 is 4.74 Å². The second-order valence-electron chi connectivity index (χ2n) is 5.55. The number of carbonyl (C=O) groups is 1. The first kappa shape index (κ1) is 10.0. The lowest BCUT2D eigenvalue weighted by atomic mass is 9.90. The van der Waals surface area contributed by atoms with Gasteiger partial charge in [0.25, 0.3) is 0 Å². The predicted octanol–water partition coefficient (Wildman–Crippen LogP) is 2.76. The molecule has 0 spiro atoms.